The van der Waals surface area contributed by atoms with Crippen LogP contribution in [-0.4, -0.2) is 26.0 Å². The van der Waals surface area contributed by atoms with Gasteiger partial charge in [0, 0.05) is 6.54 Å². The van der Waals surface area contributed by atoms with Crippen LogP contribution >= 0.6 is 0 Å². The van der Waals surface area contributed by atoms with Crippen molar-refractivity contribution in [3.63, 3.8) is 0 Å². The maximum atomic E-state index is 11.6. The molecule has 92 valence electrons. The molecule has 0 aromatic rings. The zero-order valence-corrected chi connectivity index (χ0v) is 10.9. The molecule has 2 N–H and O–H groups in total. The smallest absolute Gasteiger partial charge is 0.154 e. The van der Waals surface area contributed by atoms with Gasteiger partial charge in [0.05, 0.1) is 11.0 Å². The number of hydrogen-bond acceptors (Lipinski definition) is 3. The first kappa shape index (κ1) is 14.9. The Hall–Kier alpha value is -0.0900. The first-order valence-corrected chi connectivity index (χ1v) is 7.67. The summed E-state index contributed by atoms with van der Waals surface area (Å²) >= 11 is 0. The van der Waals surface area contributed by atoms with Crippen molar-refractivity contribution in [2.45, 2.75) is 57.6 Å². The molecule has 0 amide bonds. The molecule has 0 saturated carbocycles. The molecule has 0 saturated heterocycles. The summed E-state index contributed by atoms with van der Waals surface area (Å²) in [4.78, 5) is 0. The molecular weight excluding hydrogens is 210 g/mol. The van der Waals surface area contributed by atoms with Gasteiger partial charge < -0.3 is 5.73 Å². The highest BCUT2D eigenvalue weighted by Gasteiger charge is 2.18. The highest BCUT2D eigenvalue weighted by Crippen LogP contribution is 2.08. The van der Waals surface area contributed by atoms with Crippen LogP contribution in [-0.2, 0) is 9.84 Å². The van der Waals surface area contributed by atoms with Gasteiger partial charge in [0.2, 0.25) is 0 Å². The first-order valence-electron chi connectivity index (χ1n) is 5.96. The fraction of sp³-hybridized carbons (Fsp3) is 1.00. The van der Waals surface area contributed by atoms with E-state index in [4.69, 9.17) is 5.73 Å². The lowest BCUT2D eigenvalue weighted by Gasteiger charge is -2.09. The van der Waals surface area contributed by atoms with Crippen molar-refractivity contribution < 1.29 is 8.42 Å². The second-order valence-electron chi connectivity index (χ2n) is 4.18. The quantitative estimate of drug-likeness (QED) is 0.623. The average molecular weight is 235 g/mol. The highest BCUT2D eigenvalue weighted by molar-refractivity contribution is 7.92. The molecule has 0 aromatic heterocycles. The molecule has 1 unspecified atom stereocenters. The van der Waals surface area contributed by atoms with Crippen molar-refractivity contribution in [1.29, 1.82) is 0 Å². The molecule has 0 bridgehead atoms. The van der Waals surface area contributed by atoms with Gasteiger partial charge in [-0.25, -0.2) is 8.42 Å². The van der Waals surface area contributed by atoms with E-state index in [1.807, 2.05) is 0 Å². The Balaban J connectivity index is 3.58. The Morgan fingerprint density at radius 1 is 1.07 bits per heavy atom. The SMILES string of the molecule is CCCCCCCCS(=O)(=O)C(C)CN. The van der Waals surface area contributed by atoms with Crippen LogP contribution in [0.25, 0.3) is 0 Å². The second-order valence-corrected chi connectivity index (χ2v) is 6.72. The van der Waals surface area contributed by atoms with Crippen molar-refractivity contribution in [3.8, 4) is 0 Å². The zero-order valence-electron chi connectivity index (χ0n) is 10.0. The van der Waals surface area contributed by atoms with Gasteiger partial charge >= 0.3 is 0 Å². The fourth-order valence-electron chi connectivity index (χ4n) is 1.43. The lowest BCUT2D eigenvalue weighted by molar-refractivity contribution is 0.573. The van der Waals surface area contributed by atoms with E-state index in [1.165, 1.54) is 19.3 Å². The predicted octanol–water partition coefficient (Wildman–Crippen LogP) is 2.11. The van der Waals surface area contributed by atoms with Gasteiger partial charge in [-0.15, -0.1) is 0 Å². The summed E-state index contributed by atoms with van der Waals surface area (Å²) in [6.45, 7) is 4.10. The van der Waals surface area contributed by atoms with Crippen LogP contribution in [0, 0.1) is 0 Å². The van der Waals surface area contributed by atoms with Crippen LogP contribution in [0.1, 0.15) is 52.4 Å². The number of rotatable bonds is 9. The van der Waals surface area contributed by atoms with Crippen molar-refractivity contribution in [3.05, 3.63) is 0 Å². The van der Waals surface area contributed by atoms with Gasteiger partial charge in [-0.3, -0.25) is 0 Å². The minimum absolute atomic E-state index is 0.234. The number of sulfone groups is 1. The molecule has 0 heterocycles. The predicted molar refractivity (Wildman–Crippen MR) is 65.7 cm³/mol. The molecule has 0 aliphatic heterocycles. The van der Waals surface area contributed by atoms with E-state index in [0.717, 1.165) is 19.3 Å². The van der Waals surface area contributed by atoms with E-state index in [-0.39, 0.29) is 11.8 Å². The van der Waals surface area contributed by atoms with E-state index in [2.05, 4.69) is 6.92 Å². The van der Waals surface area contributed by atoms with Gasteiger partial charge in [-0.05, 0) is 13.3 Å². The summed E-state index contributed by atoms with van der Waals surface area (Å²) in [5.74, 6) is 0.303. The highest BCUT2D eigenvalue weighted by atomic mass is 32.2. The Kier molecular flexibility index (Phi) is 8.06. The van der Waals surface area contributed by atoms with Crippen LogP contribution in [0.2, 0.25) is 0 Å². The summed E-state index contributed by atoms with van der Waals surface area (Å²) in [6, 6.07) is 0. The summed E-state index contributed by atoms with van der Waals surface area (Å²) < 4.78 is 23.1. The van der Waals surface area contributed by atoms with Crippen LogP contribution in [0.5, 0.6) is 0 Å². The maximum absolute atomic E-state index is 11.6. The second kappa shape index (κ2) is 8.11. The van der Waals surface area contributed by atoms with E-state index in [0.29, 0.717) is 5.75 Å². The normalized spacial score (nSPS) is 14.1. The lowest BCUT2D eigenvalue weighted by Crippen LogP contribution is -2.28. The van der Waals surface area contributed by atoms with Gasteiger partial charge in [0.1, 0.15) is 0 Å². The molecule has 3 nitrogen and oxygen atoms in total. The zero-order chi connectivity index (χ0) is 11.7. The van der Waals surface area contributed by atoms with Crippen LogP contribution in [0.4, 0.5) is 0 Å². The minimum Gasteiger partial charge on any atom is -0.329 e. The van der Waals surface area contributed by atoms with E-state index >= 15 is 0 Å². The Morgan fingerprint density at radius 2 is 1.60 bits per heavy atom. The van der Waals surface area contributed by atoms with Crippen molar-refractivity contribution in [2.75, 3.05) is 12.3 Å². The van der Waals surface area contributed by atoms with Gasteiger partial charge in [-0.2, -0.15) is 0 Å². The molecule has 0 aromatic carbocycles. The van der Waals surface area contributed by atoms with Crippen molar-refractivity contribution >= 4 is 9.84 Å². The molecule has 0 aliphatic rings. The molecule has 0 fully saturated rings. The van der Waals surface area contributed by atoms with Gasteiger partial charge in [0.15, 0.2) is 9.84 Å². The Morgan fingerprint density at radius 3 is 2.13 bits per heavy atom. The lowest BCUT2D eigenvalue weighted by atomic mass is 10.1. The number of hydrogen-bond donors (Lipinski definition) is 1. The van der Waals surface area contributed by atoms with Crippen molar-refractivity contribution in [2.24, 2.45) is 5.73 Å². The monoisotopic (exact) mass is 235 g/mol. The Labute approximate surface area is 94.4 Å². The molecule has 0 spiro atoms. The summed E-state index contributed by atoms with van der Waals surface area (Å²) in [7, 11) is -2.93. The molecule has 15 heavy (non-hydrogen) atoms. The van der Waals surface area contributed by atoms with Gasteiger partial charge in [-0.1, -0.05) is 39.0 Å². The maximum Gasteiger partial charge on any atom is 0.154 e. The van der Waals surface area contributed by atoms with Crippen LogP contribution < -0.4 is 5.73 Å². The third-order valence-electron chi connectivity index (χ3n) is 2.73. The van der Waals surface area contributed by atoms with Crippen LogP contribution in [0.3, 0.4) is 0 Å². The molecular formula is C11H25NO2S. The largest absolute Gasteiger partial charge is 0.329 e. The molecule has 0 rings (SSSR count). The van der Waals surface area contributed by atoms with E-state index < -0.39 is 9.84 Å². The molecule has 0 radical (unpaired) electrons. The standard InChI is InChI=1S/C11H25NO2S/c1-3-4-5-6-7-8-9-15(13,14)11(2)10-12/h11H,3-10,12H2,1-2H3. The number of nitrogens with two attached hydrogens (primary N) is 1. The molecule has 4 heteroatoms. The van der Waals surface area contributed by atoms with Gasteiger partial charge in [0.25, 0.3) is 0 Å². The van der Waals surface area contributed by atoms with E-state index in [9.17, 15) is 8.42 Å². The third kappa shape index (κ3) is 6.90. The average Bonchev–Trinajstić information content (AvgIpc) is 2.22. The molecule has 1 atom stereocenters. The summed E-state index contributed by atoms with van der Waals surface area (Å²) in [5, 5.41) is -0.381. The van der Waals surface area contributed by atoms with Crippen LogP contribution in [0.15, 0.2) is 0 Å². The summed E-state index contributed by atoms with van der Waals surface area (Å²) in [6.07, 6.45) is 6.67. The molecule has 0 aliphatic carbocycles. The first-order chi connectivity index (χ1) is 7.04. The minimum atomic E-state index is -2.93. The van der Waals surface area contributed by atoms with Crippen molar-refractivity contribution in [1.82, 2.24) is 0 Å². The van der Waals surface area contributed by atoms with E-state index in [1.54, 1.807) is 6.92 Å². The summed E-state index contributed by atoms with van der Waals surface area (Å²) in [5.41, 5.74) is 5.35. The third-order valence-corrected chi connectivity index (χ3v) is 5.00. The number of unbranched alkanes of at least 4 members (excludes halogenated alkanes) is 5. The topological polar surface area (TPSA) is 60.2 Å². The Bertz CT molecular complexity index is 237. The fourth-order valence-corrected chi connectivity index (χ4v) is 2.73.